The highest BCUT2D eigenvalue weighted by atomic mass is 35.5. The highest BCUT2D eigenvalue weighted by Crippen LogP contribution is 2.33. The molecule has 0 aliphatic carbocycles. The van der Waals surface area contributed by atoms with E-state index in [1.807, 2.05) is 0 Å². The van der Waals surface area contributed by atoms with Crippen LogP contribution in [0, 0.1) is 15.5 Å². The first-order valence-corrected chi connectivity index (χ1v) is 5.48. The van der Waals surface area contributed by atoms with E-state index in [-0.39, 0.29) is 40.8 Å². The Balaban J connectivity index is 3.25. The number of nitrogens with zero attached hydrogens (tertiary/aromatic N) is 1. The number of nitrogen functional groups attached to an aromatic ring is 1. The van der Waals surface area contributed by atoms with Gasteiger partial charge in [0.2, 0.25) is 0 Å². The average molecular weight is 275 g/mol. The Morgan fingerprint density at radius 3 is 2.78 bits per heavy atom. The fraction of sp³-hybridized carbons (Fsp3) is 0.300. The first-order chi connectivity index (χ1) is 8.49. The van der Waals surface area contributed by atoms with Gasteiger partial charge in [-0.1, -0.05) is 11.6 Å². The minimum Gasteiger partial charge on any atom is -0.384 e. The number of rotatable bonds is 6. The summed E-state index contributed by atoms with van der Waals surface area (Å²) >= 11 is 5.86. The van der Waals surface area contributed by atoms with Crippen LogP contribution in [0.15, 0.2) is 12.1 Å². The molecular formula is C10H12ClFN4O2. The third-order valence-electron chi connectivity index (χ3n) is 2.21. The van der Waals surface area contributed by atoms with Crippen LogP contribution < -0.4 is 11.1 Å². The van der Waals surface area contributed by atoms with Gasteiger partial charge < -0.3 is 11.1 Å². The maximum absolute atomic E-state index is 12.0. The second kappa shape index (κ2) is 6.15. The van der Waals surface area contributed by atoms with Crippen LogP contribution in [0.1, 0.15) is 12.0 Å². The number of nitro benzene ring substituents is 1. The minimum atomic E-state index is -0.611. The van der Waals surface area contributed by atoms with Gasteiger partial charge in [-0.25, -0.2) is 0 Å². The Hall–Kier alpha value is -1.89. The van der Waals surface area contributed by atoms with Gasteiger partial charge in [0.15, 0.2) is 0 Å². The fourth-order valence-electron chi connectivity index (χ4n) is 1.44. The first kappa shape index (κ1) is 14.2. The Morgan fingerprint density at radius 2 is 2.28 bits per heavy atom. The number of nitro groups is 1. The molecule has 18 heavy (non-hydrogen) atoms. The van der Waals surface area contributed by atoms with Crippen molar-refractivity contribution in [2.24, 2.45) is 5.73 Å². The van der Waals surface area contributed by atoms with Crippen molar-refractivity contribution in [3.63, 3.8) is 0 Å². The molecule has 0 aromatic heterocycles. The van der Waals surface area contributed by atoms with E-state index in [9.17, 15) is 14.5 Å². The van der Waals surface area contributed by atoms with Gasteiger partial charge >= 0.3 is 0 Å². The molecule has 6 nitrogen and oxygen atoms in total. The van der Waals surface area contributed by atoms with Crippen LogP contribution >= 0.6 is 11.6 Å². The molecule has 98 valence electrons. The summed E-state index contributed by atoms with van der Waals surface area (Å²) in [5, 5.41) is 21.1. The summed E-state index contributed by atoms with van der Waals surface area (Å²) < 4.78 is 12.0. The quantitative estimate of drug-likeness (QED) is 0.243. The standard InChI is InChI=1S/C10H12ClFN4O2/c11-6-2-3-7(16(17)18)9(8(6)10(13)14)15-5-1-4-12/h2-3,15H,1,4-5H2,(H3,13,14). The van der Waals surface area contributed by atoms with Crippen LogP contribution in [0.4, 0.5) is 15.8 Å². The smallest absolute Gasteiger partial charge is 0.293 e. The summed E-state index contributed by atoms with van der Waals surface area (Å²) in [5.41, 5.74) is 5.21. The molecule has 1 rings (SSSR count). The zero-order chi connectivity index (χ0) is 13.7. The van der Waals surface area contributed by atoms with Crippen molar-refractivity contribution < 1.29 is 9.31 Å². The van der Waals surface area contributed by atoms with Crippen molar-refractivity contribution in [2.75, 3.05) is 18.5 Å². The van der Waals surface area contributed by atoms with Crippen molar-refractivity contribution in [2.45, 2.75) is 6.42 Å². The maximum atomic E-state index is 12.0. The second-order valence-electron chi connectivity index (χ2n) is 3.46. The lowest BCUT2D eigenvalue weighted by Gasteiger charge is -2.12. The van der Waals surface area contributed by atoms with Gasteiger partial charge in [-0.3, -0.25) is 19.9 Å². The van der Waals surface area contributed by atoms with Gasteiger partial charge in [0.25, 0.3) is 5.69 Å². The van der Waals surface area contributed by atoms with E-state index in [1.54, 1.807) is 0 Å². The minimum absolute atomic E-state index is 0.0495. The highest BCUT2D eigenvalue weighted by Gasteiger charge is 2.21. The molecule has 0 heterocycles. The molecule has 0 saturated heterocycles. The van der Waals surface area contributed by atoms with E-state index >= 15 is 0 Å². The number of hydrogen-bond donors (Lipinski definition) is 3. The molecular weight excluding hydrogens is 263 g/mol. The third-order valence-corrected chi connectivity index (χ3v) is 2.53. The fourth-order valence-corrected chi connectivity index (χ4v) is 1.70. The van der Waals surface area contributed by atoms with Crippen molar-refractivity contribution in [1.82, 2.24) is 0 Å². The molecule has 8 heteroatoms. The highest BCUT2D eigenvalue weighted by molar-refractivity contribution is 6.35. The molecule has 0 atom stereocenters. The number of halogens is 2. The molecule has 0 aliphatic rings. The number of hydrogen-bond acceptors (Lipinski definition) is 4. The molecule has 1 aromatic carbocycles. The number of alkyl halides is 1. The number of benzene rings is 1. The molecule has 0 amide bonds. The van der Waals surface area contributed by atoms with Crippen molar-refractivity contribution in [1.29, 1.82) is 5.41 Å². The lowest BCUT2D eigenvalue weighted by Crippen LogP contribution is -2.17. The zero-order valence-electron chi connectivity index (χ0n) is 9.37. The van der Waals surface area contributed by atoms with E-state index in [2.05, 4.69) is 5.32 Å². The van der Waals surface area contributed by atoms with E-state index in [0.717, 1.165) is 0 Å². The summed E-state index contributed by atoms with van der Waals surface area (Å²) in [5.74, 6) is -0.383. The van der Waals surface area contributed by atoms with Crippen molar-refractivity contribution in [3.05, 3.63) is 32.8 Å². The van der Waals surface area contributed by atoms with Crippen LogP contribution in [-0.4, -0.2) is 24.0 Å². The molecule has 0 fully saturated rings. The van der Waals surface area contributed by atoms with Crippen LogP contribution in [0.2, 0.25) is 5.02 Å². The monoisotopic (exact) mass is 274 g/mol. The maximum Gasteiger partial charge on any atom is 0.293 e. The number of amidine groups is 1. The van der Waals surface area contributed by atoms with Gasteiger partial charge in [0.05, 0.1) is 22.2 Å². The zero-order valence-corrected chi connectivity index (χ0v) is 10.1. The summed E-state index contributed by atoms with van der Waals surface area (Å²) in [4.78, 5) is 10.3. The predicted octanol–water partition coefficient (Wildman–Crippen LogP) is 2.30. The van der Waals surface area contributed by atoms with Crippen LogP contribution in [0.3, 0.4) is 0 Å². The number of nitrogens with two attached hydrogens (primary N) is 1. The SMILES string of the molecule is N=C(N)c1c(Cl)ccc([N+](=O)[O-])c1NCCCF. The Labute approximate surface area is 108 Å². The normalized spacial score (nSPS) is 10.1. The first-order valence-electron chi connectivity index (χ1n) is 5.10. The molecule has 0 spiro atoms. The molecule has 0 radical (unpaired) electrons. The largest absolute Gasteiger partial charge is 0.384 e. The summed E-state index contributed by atoms with van der Waals surface area (Å²) in [6, 6.07) is 2.52. The molecule has 0 aliphatic heterocycles. The molecule has 0 bridgehead atoms. The average Bonchev–Trinajstić information content (AvgIpc) is 2.28. The Morgan fingerprint density at radius 1 is 1.61 bits per heavy atom. The third kappa shape index (κ3) is 3.07. The van der Waals surface area contributed by atoms with Gasteiger partial charge in [0, 0.05) is 12.6 Å². The molecule has 4 N–H and O–H groups in total. The lowest BCUT2D eigenvalue weighted by atomic mass is 10.1. The van der Waals surface area contributed by atoms with Gasteiger partial charge in [0.1, 0.15) is 11.5 Å². The molecule has 0 unspecified atom stereocenters. The van der Waals surface area contributed by atoms with E-state index in [4.69, 9.17) is 22.7 Å². The van der Waals surface area contributed by atoms with Crippen molar-refractivity contribution >= 4 is 28.8 Å². The Kier molecular flexibility index (Phi) is 4.85. The van der Waals surface area contributed by atoms with Crippen LogP contribution in [0.5, 0.6) is 0 Å². The lowest BCUT2D eigenvalue weighted by molar-refractivity contribution is -0.384. The second-order valence-corrected chi connectivity index (χ2v) is 3.86. The molecule has 1 aromatic rings. The predicted molar refractivity (Wildman–Crippen MR) is 68.2 cm³/mol. The van der Waals surface area contributed by atoms with E-state index in [0.29, 0.717) is 0 Å². The number of anilines is 1. The summed E-state index contributed by atoms with van der Waals surface area (Å²) in [6.45, 7) is -0.352. The van der Waals surface area contributed by atoms with Crippen LogP contribution in [-0.2, 0) is 0 Å². The summed E-state index contributed by atoms with van der Waals surface area (Å²) in [6.07, 6.45) is 0.195. The molecule has 0 saturated carbocycles. The number of nitrogens with one attached hydrogen (secondary N) is 2. The van der Waals surface area contributed by atoms with Crippen LogP contribution in [0.25, 0.3) is 0 Å². The van der Waals surface area contributed by atoms with E-state index in [1.165, 1.54) is 12.1 Å². The summed E-state index contributed by atoms with van der Waals surface area (Å²) in [7, 11) is 0. The van der Waals surface area contributed by atoms with E-state index < -0.39 is 11.6 Å². The van der Waals surface area contributed by atoms with Gasteiger partial charge in [-0.05, 0) is 12.5 Å². The van der Waals surface area contributed by atoms with Crippen molar-refractivity contribution in [3.8, 4) is 0 Å². The van der Waals surface area contributed by atoms with Gasteiger partial charge in [-0.2, -0.15) is 0 Å². The van der Waals surface area contributed by atoms with Gasteiger partial charge in [-0.15, -0.1) is 0 Å². The Bertz CT molecular complexity index is 481. The topological polar surface area (TPSA) is 105 Å².